The van der Waals surface area contributed by atoms with Crippen LogP contribution in [0, 0.1) is 12.7 Å². The van der Waals surface area contributed by atoms with Crippen molar-refractivity contribution in [3.8, 4) is 5.75 Å². The van der Waals surface area contributed by atoms with Crippen LogP contribution < -0.4 is 10.1 Å². The maximum atomic E-state index is 13.9. The number of ether oxygens (including phenoxy) is 1. The topological polar surface area (TPSA) is 41.5 Å². The third kappa shape index (κ3) is 3.08. The van der Waals surface area contributed by atoms with E-state index >= 15 is 0 Å². The molecule has 0 amide bonds. The summed E-state index contributed by atoms with van der Waals surface area (Å²) in [6, 6.07) is 11.7. The Morgan fingerprint density at radius 2 is 2.00 bits per heavy atom. The van der Waals surface area contributed by atoms with Gasteiger partial charge in [-0.05, 0) is 25.1 Å². The molecule has 0 spiro atoms. The van der Waals surface area contributed by atoms with Gasteiger partial charge in [-0.15, -0.1) is 0 Å². The highest BCUT2D eigenvalue weighted by Gasteiger charge is 2.16. The molecule has 0 heterocycles. The van der Waals surface area contributed by atoms with Crippen molar-refractivity contribution in [2.24, 2.45) is 0 Å². The number of aliphatic hydroxyl groups excluding tert-OH is 1. The van der Waals surface area contributed by atoms with Crippen molar-refractivity contribution in [3.63, 3.8) is 0 Å². The van der Waals surface area contributed by atoms with Gasteiger partial charge in [0.2, 0.25) is 0 Å². The van der Waals surface area contributed by atoms with Crippen LogP contribution in [-0.2, 0) is 0 Å². The molecule has 2 aromatic rings. The summed E-state index contributed by atoms with van der Waals surface area (Å²) in [4.78, 5) is 0. The Morgan fingerprint density at radius 3 is 2.70 bits per heavy atom. The van der Waals surface area contributed by atoms with Crippen LogP contribution in [0.15, 0.2) is 42.5 Å². The van der Waals surface area contributed by atoms with Crippen LogP contribution in [0.3, 0.4) is 0 Å². The van der Waals surface area contributed by atoms with Gasteiger partial charge in [-0.2, -0.15) is 0 Å². The Kier molecular flexibility index (Phi) is 4.58. The smallest absolute Gasteiger partial charge is 0.141 e. The minimum Gasteiger partial charge on any atom is -0.495 e. The fraction of sp³-hybridized carbons (Fsp3) is 0.250. The zero-order valence-corrected chi connectivity index (χ0v) is 11.6. The Labute approximate surface area is 118 Å². The molecular weight excluding hydrogens is 257 g/mol. The Morgan fingerprint density at radius 1 is 1.25 bits per heavy atom. The number of hydrogen-bond acceptors (Lipinski definition) is 3. The van der Waals surface area contributed by atoms with E-state index in [-0.39, 0.29) is 12.4 Å². The molecule has 1 unspecified atom stereocenters. The number of aliphatic hydroxyl groups is 1. The van der Waals surface area contributed by atoms with Gasteiger partial charge in [-0.1, -0.05) is 29.8 Å². The molecule has 0 fully saturated rings. The lowest BCUT2D eigenvalue weighted by atomic mass is 10.0. The van der Waals surface area contributed by atoms with Gasteiger partial charge in [0.15, 0.2) is 0 Å². The molecule has 0 aliphatic carbocycles. The van der Waals surface area contributed by atoms with E-state index < -0.39 is 6.04 Å². The quantitative estimate of drug-likeness (QED) is 0.879. The summed E-state index contributed by atoms with van der Waals surface area (Å²) in [5.41, 5.74) is 2.11. The SMILES string of the molecule is COc1ccccc1NC(CO)c1cc(C)ccc1F. The average molecular weight is 275 g/mol. The summed E-state index contributed by atoms with van der Waals surface area (Å²) in [7, 11) is 1.57. The van der Waals surface area contributed by atoms with E-state index in [1.165, 1.54) is 6.07 Å². The van der Waals surface area contributed by atoms with Gasteiger partial charge in [0.05, 0.1) is 25.4 Å². The van der Waals surface area contributed by atoms with Crippen molar-refractivity contribution in [3.05, 3.63) is 59.4 Å². The molecule has 0 aromatic heterocycles. The van der Waals surface area contributed by atoms with E-state index in [4.69, 9.17) is 4.74 Å². The standard InChI is InChI=1S/C16H18FNO2/c1-11-7-8-13(17)12(9-11)15(10-19)18-14-5-3-4-6-16(14)20-2/h3-9,15,18-19H,10H2,1-2H3. The van der Waals surface area contributed by atoms with Gasteiger partial charge < -0.3 is 15.2 Å². The first-order valence-corrected chi connectivity index (χ1v) is 6.42. The molecule has 20 heavy (non-hydrogen) atoms. The number of rotatable bonds is 5. The first-order chi connectivity index (χ1) is 9.65. The molecule has 2 N–H and O–H groups in total. The molecule has 2 rings (SSSR count). The van der Waals surface area contributed by atoms with Gasteiger partial charge in [0.25, 0.3) is 0 Å². The maximum absolute atomic E-state index is 13.9. The number of anilines is 1. The average Bonchev–Trinajstić information content (AvgIpc) is 2.48. The summed E-state index contributed by atoms with van der Waals surface area (Å²) in [6.45, 7) is 1.68. The molecule has 0 bridgehead atoms. The molecule has 0 radical (unpaired) electrons. The normalized spacial score (nSPS) is 12.0. The maximum Gasteiger partial charge on any atom is 0.141 e. The molecule has 4 heteroatoms. The predicted molar refractivity (Wildman–Crippen MR) is 77.6 cm³/mol. The van der Waals surface area contributed by atoms with Crippen LogP contribution >= 0.6 is 0 Å². The third-order valence-corrected chi connectivity index (χ3v) is 3.15. The van der Waals surface area contributed by atoms with E-state index in [1.807, 2.05) is 31.2 Å². The highest BCUT2D eigenvalue weighted by Crippen LogP contribution is 2.29. The fourth-order valence-electron chi connectivity index (χ4n) is 2.10. The zero-order chi connectivity index (χ0) is 14.5. The van der Waals surface area contributed by atoms with Crippen molar-refractivity contribution in [1.29, 1.82) is 0 Å². The molecule has 106 valence electrons. The molecule has 3 nitrogen and oxygen atoms in total. The minimum atomic E-state index is -0.522. The number of aryl methyl sites for hydroxylation is 1. The number of nitrogens with one attached hydrogen (secondary N) is 1. The molecule has 1 atom stereocenters. The summed E-state index contributed by atoms with van der Waals surface area (Å²) < 4.78 is 19.2. The molecule has 0 aliphatic rings. The zero-order valence-electron chi connectivity index (χ0n) is 11.6. The molecule has 0 saturated carbocycles. The molecule has 0 saturated heterocycles. The van der Waals surface area contributed by atoms with Crippen molar-refractivity contribution >= 4 is 5.69 Å². The van der Waals surface area contributed by atoms with Crippen LogP contribution in [0.25, 0.3) is 0 Å². The summed E-state index contributed by atoms with van der Waals surface area (Å²) in [6.07, 6.45) is 0. The molecular formula is C16H18FNO2. The second-order valence-corrected chi connectivity index (χ2v) is 4.60. The predicted octanol–water partition coefficient (Wildman–Crippen LogP) is 3.29. The Bertz CT molecular complexity index is 586. The summed E-state index contributed by atoms with van der Waals surface area (Å²) >= 11 is 0. The number of benzene rings is 2. The number of para-hydroxylation sites is 2. The summed E-state index contributed by atoms with van der Waals surface area (Å²) in [5, 5.41) is 12.7. The number of methoxy groups -OCH3 is 1. The van der Waals surface area contributed by atoms with Gasteiger partial charge >= 0.3 is 0 Å². The van der Waals surface area contributed by atoms with Crippen molar-refractivity contribution in [1.82, 2.24) is 0 Å². The highest BCUT2D eigenvalue weighted by molar-refractivity contribution is 5.57. The summed E-state index contributed by atoms with van der Waals surface area (Å²) in [5.74, 6) is 0.316. The van der Waals surface area contributed by atoms with Gasteiger partial charge in [0.1, 0.15) is 11.6 Å². The third-order valence-electron chi connectivity index (χ3n) is 3.15. The molecule has 2 aromatic carbocycles. The van der Waals surface area contributed by atoms with Crippen LogP contribution in [-0.4, -0.2) is 18.8 Å². The largest absolute Gasteiger partial charge is 0.495 e. The van der Waals surface area contributed by atoms with Crippen LogP contribution in [0.4, 0.5) is 10.1 Å². The lowest BCUT2D eigenvalue weighted by molar-refractivity contribution is 0.273. The van der Waals surface area contributed by atoms with Crippen molar-refractivity contribution in [2.75, 3.05) is 19.0 Å². The first kappa shape index (κ1) is 14.3. The number of halogens is 1. The lowest BCUT2D eigenvalue weighted by Gasteiger charge is -2.20. The van der Waals surface area contributed by atoms with E-state index in [9.17, 15) is 9.50 Å². The van der Waals surface area contributed by atoms with Gasteiger partial charge in [-0.3, -0.25) is 0 Å². The minimum absolute atomic E-state index is 0.210. The van der Waals surface area contributed by atoms with Gasteiger partial charge in [-0.25, -0.2) is 4.39 Å². The van der Waals surface area contributed by atoms with E-state index in [2.05, 4.69) is 5.32 Å². The van der Waals surface area contributed by atoms with E-state index in [0.717, 1.165) is 11.3 Å². The van der Waals surface area contributed by atoms with Crippen LogP contribution in [0.1, 0.15) is 17.2 Å². The highest BCUT2D eigenvalue weighted by atomic mass is 19.1. The first-order valence-electron chi connectivity index (χ1n) is 6.42. The lowest BCUT2D eigenvalue weighted by Crippen LogP contribution is -2.17. The fourth-order valence-corrected chi connectivity index (χ4v) is 2.10. The van der Waals surface area contributed by atoms with E-state index in [0.29, 0.717) is 11.3 Å². The van der Waals surface area contributed by atoms with Crippen LogP contribution in [0.5, 0.6) is 5.75 Å². The number of hydrogen-bond donors (Lipinski definition) is 2. The van der Waals surface area contributed by atoms with Crippen LogP contribution in [0.2, 0.25) is 0 Å². The Balaban J connectivity index is 2.31. The monoisotopic (exact) mass is 275 g/mol. The second kappa shape index (κ2) is 6.39. The van der Waals surface area contributed by atoms with Crippen molar-refractivity contribution < 1.29 is 14.2 Å². The Hall–Kier alpha value is -2.07. The second-order valence-electron chi connectivity index (χ2n) is 4.60. The van der Waals surface area contributed by atoms with Gasteiger partial charge in [0, 0.05) is 5.56 Å². The van der Waals surface area contributed by atoms with E-state index in [1.54, 1.807) is 19.2 Å². The molecule has 0 aliphatic heterocycles. The van der Waals surface area contributed by atoms with Crippen molar-refractivity contribution in [2.45, 2.75) is 13.0 Å².